The Morgan fingerprint density at radius 2 is 2.04 bits per heavy atom. The second-order valence-electron chi connectivity index (χ2n) is 6.22. The highest BCUT2D eigenvalue weighted by Crippen LogP contribution is 2.34. The van der Waals surface area contributed by atoms with Gasteiger partial charge in [-0.2, -0.15) is 18.3 Å². The number of carbonyl (C=O) groups is 1. The molecule has 0 saturated heterocycles. The van der Waals surface area contributed by atoms with Gasteiger partial charge in [-0.05, 0) is 44.4 Å². The fourth-order valence-corrected chi connectivity index (χ4v) is 2.57. The van der Waals surface area contributed by atoms with E-state index < -0.39 is 11.7 Å². The van der Waals surface area contributed by atoms with Crippen LogP contribution in [0.3, 0.4) is 0 Å². The van der Waals surface area contributed by atoms with Crippen molar-refractivity contribution in [3.63, 3.8) is 0 Å². The molecule has 1 amide bonds. The van der Waals surface area contributed by atoms with Crippen LogP contribution in [0.5, 0.6) is 0 Å². The van der Waals surface area contributed by atoms with Crippen molar-refractivity contribution >= 4 is 11.7 Å². The zero-order chi connectivity index (χ0) is 18.0. The van der Waals surface area contributed by atoms with Crippen LogP contribution in [0.25, 0.3) is 5.69 Å². The molecule has 1 aliphatic carbocycles. The molecule has 3 rings (SSSR count). The maximum Gasteiger partial charge on any atom is 0.418 e. The number of aromatic nitrogens is 2. The molecular weight excluding hydrogens is 333 g/mol. The fourth-order valence-electron chi connectivity index (χ4n) is 2.57. The summed E-state index contributed by atoms with van der Waals surface area (Å²) >= 11 is 0. The molecule has 0 atom stereocenters. The normalized spacial score (nSPS) is 14.6. The van der Waals surface area contributed by atoms with Crippen LogP contribution in [0, 0.1) is 12.8 Å². The van der Waals surface area contributed by atoms with Gasteiger partial charge in [-0.15, -0.1) is 0 Å². The molecule has 0 spiro atoms. The number of halogens is 3. The van der Waals surface area contributed by atoms with E-state index in [-0.39, 0.29) is 24.0 Å². The number of para-hydroxylation sites is 1. The number of benzene rings is 1. The third kappa shape index (κ3) is 4.39. The van der Waals surface area contributed by atoms with Crippen molar-refractivity contribution in [2.75, 3.05) is 18.4 Å². The first-order valence-electron chi connectivity index (χ1n) is 8.08. The van der Waals surface area contributed by atoms with Gasteiger partial charge < -0.3 is 10.6 Å². The standard InChI is InChI=1S/C17H19F3N4O/c1-11-8-15(22-16(25)10-21-9-12-6-7-12)24(23-11)14-5-3-2-4-13(14)17(18,19)20/h2-5,8,12,21H,6-7,9-10H2,1H3,(H,22,25). The highest BCUT2D eigenvalue weighted by atomic mass is 19.4. The Kier molecular flexibility index (Phi) is 4.80. The number of amides is 1. The molecule has 134 valence electrons. The number of carbonyl (C=O) groups excluding carboxylic acids is 1. The Balaban J connectivity index is 1.80. The lowest BCUT2D eigenvalue weighted by molar-refractivity contribution is -0.137. The van der Waals surface area contributed by atoms with Crippen molar-refractivity contribution in [1.29, 1.82) is 0 Å². The Morgan fingerprint density at radius 1 is 1.32 bits per heavy atom. The van der Waals surface area contributed by atoms with E-state index in [0.29, 0.717) is 11.6 Å². The molecule has 1 saturated carbocycles. The predicted molar refractivity (Wildman–Crippen MR) is 87.5 cm³/mol. The summed E-state index contributed by atoms with van der Waals surface area (Å²) < 4.78 is 40.9. The molecule has 0 unspecified atom stereocenters. The van der Waals surface area contributed by atoms with Gasteiger partial charge in [-0.1, -0.05) is 12.1 Å². The van der Waals surface area contributed by atoms with Crippen LogP contribution < -0.4 is 10.6 Å². The van der Waals surface area contributed by atoms with Crippen LogP contribution in [0.2, 0.25) is 0 Å². The fraction of sp³-hybridized carbons (Fsp3) is 0.412. The number of alkyl halides is 3. The van der Waals surface area contributed by atoms with Crippen LogP contribution in [-0.2, 0) is 11.0 Å². The number of anilines is 1. The van der Waals surface area contributed by atoms with Gasteiger partial charge in [0.15, 0.2) is 0 Å². The van der Waals surface area contributed by atoms with Gasteiger partial charge in [0.2, 0.25) is 5.91 Å². The molecule has 0 aliphatic heterocycles. The Hall–Kier alpha value is -2.35. The Morgan fingerprint density at radius 3 is 2.72 bits per heavy atom. The molecule has 8 heteroatoms. The minimum absolute atomic E-state index is 0.113. The Labute approximate surface area is 143 Å². The van der Waals surface area contributed by atoms with Crippen molar-refractivity contribution in [2.24, 2.45) is 5.92 Å². The Bertz CT molecular complexity index is 765. The number of aryl methyl sites for hydroxylation is 1. The number of hydrogen-bond acceptors (Lipinski definition) is 3. The number of hydrogen-bond donors (Lipinski definition) is 2. The van der Waals surface area contributed by atoms with Crippen LogP contribution in [0.15, 0.2) is 30.3 Å². The van der Waals surface area contributed by atoms with Crippen molar-refractivity contribution in [1.82, 2.24) is 15.1 Å². The third-order valence-electron chi connectivity index (χ3n) is 3.95. The van der Waals surface area contributed by atoms with Crippen molar-refractivity contribution in [3.8, 4) is 5.69 Å². The molecule has 0 radical (unpaired) electrons. The largest absolute Gasteiger partial charge is 0.418 e. The summed E-state index contributed by atoms with van der Waals surface area (Å²) in [5, 5.41) is 9.79. The quantitative estimate of drug-likeness (QED) is 0.840. The van der Waals surface area contributed by atoms with Gasteiger partial charge in [0.05, 0.1) is 23.5 Å². The van der Waals surface area contributed by atoms with Gasteiger partial charge in [-0.25, -0.2) is 4.68 Å². The van der Waals surface area contributed by atoms with Gasteiger partial charge in [0.25, 0.3) is 0 Å². The first-order chi connectivity index (χ1) is 11.8. The maximum absolute atomic E-state index is 13.2. The minimum Gasteiger partial charge on any atom is -0.309 e. The average molecular weight is 352 g/mol. The topological polar surface area (TPSA) is 59.0 Å². The predicted octanol–water partition coefficient (Wildman–Crippen LogP) is 3.14. The number of nitrogens with one attached hydrogen (secondary N) is 2. The van der Waals surface area contributed by atoms with Crippen LogP contribution in [0.4, 0.5) is 19.0 Å². The first-order valence-corrected chi connectivity index (χ1v) is 8.08. The van der Waals surface area contributed by atoms with Crippen LogP contribution >= 0.6 is 0 Å². The van der Waals surface area contributed by atoms with E-state index in [9.17, 15) is 18.0 Å². The van der Waals surface area contributed by atoms with Gasteiger partial charge in [0.1, 0.15) is 5.82 Å². The average Bonchev–Trinajstić information content (AvgIpc) is 3.29. The molecular formula is C17H19F3N4O. The summed E-state index contributed by atoms with van der Waals surface area (Å²) in [4.78, 5) is 12.1. The maximum atomic E-state index is 13.2. The molecule has 1 aliphatic rings. The molecule has 25 heavy (non-hydrogen) atoms. The highest BCUT2D eigenvalue weighted by molar-refractivity contribution is 5.91. The highest BCUT2D eigenvalue weighted by Gasteiger charge is 2.34. The van der Waals surface area contributed by atoms with E-state index in [1.165, 1.54) is 31.0 Å². The summed E-state index contributed by atoms with van der Waals surface area (Å²) in [5.74, 6) is 0.540. The number of nitrogens with zero attached hydrogens (tertiary/aromatic N) is 2. The lowest BCUT2D eigenvalue weighted by Crippen LogP contribution is -2.30. The zero-order valence-corrected chi connectivity index (χ0v) is 13.7. The summed E-state index contributed by atoms with van der Waals surface area (Å²) in [6.07, 6.45) is -2.16. The summed E-state index contributed by atoms with van der Waals surface area (Å²) in [7, 11) is 0. The van der Waals surface area contributed by atoms with Crippen molar-refractivity contribution in [3.05, 3.63) is 41.6 Å². The van der Waals surface area contributed by atoms with E-state index in [4.69, 9.17) is 0 Å². The second kappa shape index (κ2) is 6.87. The van der Waals surface area contributed by atoms with Gasteiger partial charge in [-0.3, -0.25) is 4.79 Å². The van der Waals surface area contributed by atoms with E-state index in [1.54, 1.807) is 13.0 Å². The summed E-state index contributed by atoms with van der Waals surface area (Å²) in [6, 6.07) is 6.70. The monoisotopic (exact) mass is 352 g/mol. The van der Waals surface area contributed by atoms with Gasteiger partial charge in [0, 0.05) is 6.07 Å². The lowest BCUT2D eigenvalue weighted by atomic mass is 10.1. The summed E-state index contributed by atoms with van der Waals surface area (Å²) in [6.45, 7) is 2.55. The molecule has 1 aromatic carbocycles. The molecule has 1 aromatic heterocycles. The molecule has 1 heterocycles. The molecule has 2 aromatic rings. The van der Waals surface area contributed by atoms with Gasteiger partial charge >= 0.3 is 6.18 Å². The second-order valence-corrected chi connectivity index (χ2v) is 6.22. The van der Waals surface area contributed by atoms with E-state index in [2.05, 4.69) is 15.7 Å². The van der Waals surface area contributed by atoms with Crippen molar-refractivity contribution in [2.45, 2.75) is 25.9 Å². The lowest BCUT2D eigenvalue weighted by Gasteiger charge is -2.15. The molecule has 0 bridgehead atoms. The minimum atomic E-state index is -4.51. The molecule has 5 nitrogen and oxygen atoms in total. The molecule has 2 N–H and O–H groups in total. The van der Waals surface area contributed by atoms with Crippen LogP contribution in [0.1, 0.15) is 24.1 Å². The van der Waals surface area contributed by atoms with E-state index in [1.807, 2.05) is 0 Å². The molecule has 1 fully saturated rings. The smallest absolute Gasteiger partial charge is 0.309 e. The third-order valence-corrected chi connectivity index (χ3v) is 3.95. The van der Waals surface area contributed by atoms with Crippen LogP contribution in [-0.4, -0.2) is 28.8 Å². The van der Waals surface area contributed by atoms with E-state index in [0.717, 1.165) is 17.3 Å². The van der Waals surface area contributed by atoms with E-state index >= 15 is 0 Å². The van der Waals surface area contributed by atoms with Crippen molar-refractivity contribution < 1.29 is 18.0 Å². The summed E-state index contributed by atoms with van der Waals surface area (Å²) in [5.41, 5.74) is -0.414. The zero-order valence-electron chi connectivity index (χ0n) is 13.7. The SMILES string of the molecule is Cc1cc(NC(=O)CNCC2CC2)n(-c2ccccc2C(F)(F)F)n1. The first kappa shape index (κ1) is 17.5. The number of rotatable bonds is 6.